The van der Waals surface area contributed by atoms with E-state index in [0.717, 1.165) is 6.20 Å². The van der Waals surface area contributed by atoms with E-state index >= 15 is 0 Å². The van der Waals surface area contributed by atoms with E-state index in [0.29, 0.717) is 0 Å². The van der Waals surface area contributed by atoms with Crippen molar-refractivity contribution in [1.82, 2.24) is 4.98 Å². The van der Waals surface area contributed by atoms with Gasteiger partial charge in [-0.15, -0.1) is 0 Å². The van der Waals surface area contributed by atoms with E-state index in [1.807, 2.05) is 27.7 Å². The van der Waals surface area contributed by atoms with Crippen LogP contribution in [0.15, 0.2) is 12.3 Å². The van der Waals surface area contributed by atoms with Crippen LogP contribution in [0.3, 0.4) is 0 Å². The van der Waals surface area contributed by atoms with Gasteiger partial charge in [-0.3, -0.25) is 4.98 Å². The second kappa shape index (κ2) is 3.78. The fraction of sp³-hybridized carbons (Fsp3) is 0.583. The lowest BCUT2D eigenvalue weighted by atomic mass is 9.79. The Balaban J connectivity index is 2.40. The number of hydrogen-bond donors (Lipinski definition) is 0. The van der Waals surface area contributed by atoms with Crippen LogP contribution in [-0.4, -0.2) is 23.3 Å². The van der Waals surface area contributed by atoms with Crippen LogP contribution in [0.5, 0.6) is 0 Å². The Kier molecular flexibility index (Phi) is 2.02. The third kappa shape index (κ3) is 2.09. The van der Waals surface area contributed by atoms with Crippen LogP contribution in [0.1, 0.15) is 37.5 Å². The van der Waals surface area contributed by atoms with Crippen molar-refractivity contribution in [3.63, 3.8) is 0 Å². The second-order valence-electron chi connectivity index (χ2n) is 5.18. The van der Waals surface area contributed by atoms with Crippen molar-refractivity contribution >= 4 is 12.6 Å². The van der Waals surface area contributed by atoms with E-state index in [2.05, 4.69) is 4.98 Å². The van der Waals surface area contributed by atoms with Crippen molar-refractivity contribution in [2.24, 2.45) is 0 Å². The monoisotopic (exact) mass is 240 g/mol. The van der Waals surface area contributed by atoms with Gasteiger partial charge < -0.3 is 9.31 Å². The average Bonchev–Trinajstić information content (AvgIpc) is 2.46. The zero-order chi connectivity index (χ0) is 15.3. The summed E-state index contributed by atoms with van der Waals surface area (Å²) in [6.45, 7) is 4.98. The summed E-state index contributed by atoms with van der Waals surface area (Å²) >= 11 is 0. The molecule has 0 radical (unpaired) electrons. The summed E-state index contributed by atoms with van der Waals surface area (Å²) in [5.41, 5.74) is -1.35. The van der Waals surface area contributed by atoms with Gasteiger partial charge in [0.15, 0.2) is 0 Å². The minimum Gasteiger partial charge on any atom is -0.399 e. The Morgan fingerprint density at radius 3 is 2.41 bits per heavy atom. The van der Waals surface area contributed by atoms with Gasteiger partial charge >= 0.3 is 7.12 Å². The molecule has 0 N–H and O–H groups in total. The van der Waals surface area contributed by atoms with Crippen molar-refractivity contribution in [3.8, 4) is 0 Å². The van der Waals surface area contributed by atoms with Crippen molar-refractivity contribution in [2.75, 3.05) is 0 Å². The standard InChI is InChI=1S/C12H17BFNO2/c1-8-6-9(10(14)7-15-8)13-16-11(2,3)12(4,5)17-13/h6-7H,1-5H3/i1D3. The lowest BCUT2D eigenvalue weighted by molar-refractivity contribution is 0.00578. The molecule has 17 heavy (non-hydrogen) atoms. The maximum Gasteiger partial charge on any atom is 0.497 e. The molecule has 1 aliphatic rings. The fourth-order valence-electron chi connectivity index (χ4n) is 1.60. The summed E-state index contributed by atoms with van der Waals surface area (Å²) in [7, 11) is -0.941. The van der Waals surface area contributed by atoms with E-state index in [4.69, 9.17) is 13.4 Å². The molecule has 1 aliphatic heterocycles. The highest BCUT2D eigenvalue weighted by Crippen LogP contribution is 2.36. The molecule has 1 saturated heterocycles. The molecule has 0 spiro atoms. The summed E-state index contributed by atoms with van der Waals surface area (Å²) in [4.78, 5) is 3.61. The third-order valence-electron chi connectivity index (χ3n) is 3.39. The minimum atomic E-state index is -2.40. The number of halogens is 1. The second-order valence-corrected chi connectivity index (χ2v) is 5.18. The highest BCUT2D eigenvalue weighted by Gasteiger charge is 2.52. The van der Waals surface area contributed by atoms with Crippen LogP contribution in [0, 0.1) is 12.7 Å². The zero-order valence-electron chi connectivity index (χ0n) is 13.4. The van der Waals surface area contributed by atoms with E-state index in [9.17, 15) is 4.39 Å². The summed E-state index contributed by atoms with van der Waals surface area (Å²) in [6, 6.07) is 1.18. The van der Waals surface area contributed by atoms with E-state index in [1.165, 1.54) is 6.07 Å². The Hall–Kier alpha value is -0.935. The Morgan fingerprint density at radius 2 is 1.88 bits per heavy atom. The van der Waals surface area contributed by atoms with Gasteiger partial charge in [0.25, 0.3) is 0 Å². The van der Waals surface area contributed by atoms with Crippen molar-refractivity contribution in [1.29, 1.82) is 0 Å². The molecule has 0 unspecified atom stereocenters. The molecule has 92 valence electrons. The maximum atomic E-state index is 13.9. The van der Waals surface area contributed by atoms with Crippen LogP contribution in [0.2, 0.25) is 0 Å². The van der Waals surface area contributed by atoms with Gasteiger partial charge in [-0.2, -0.15) is 0 Å². The predicted molar refractivity (Wildman–Crippen MR) is 64.6 cm³/mol. The zero-order valence-corrected chi connectivity index (χ0v) is 10.4. The molecule has 2 heterocycles. The van der Waals surface area contributed by atoms with Gasteiger partial charge in [-0.25, -0.2) is 4.39 Å². The van der Waals surface area contributed by atoms with E-state index < -0.39 is 31.0 Å². The van der Waals surface area contributed by atoms with Crippen LogP contribution in [-0.2, 0) is 9.31 Å². The van der Waals surface area contributed by atoms with Gasteiger partial charge in [-0.1, -0.05) is 0 Å². The summed E-state index contributed by atoms with van der Waals surface area (Å²) in [5, 5.41) is 0. The molecular formula is C12H17BFNO2. The van der Waals surface area contributed by atoms with E-state index in [-0.39, 0.29) is 11.2 Å². The van der Waals surface area contributed by atoms with Crippen LogP contribution >= 0.6 is 0 Å². The molecule has 0 atom stereocenters. The number of rotatable bonds is 1. The average molecular weight is 240 g/mol. The maximum absolute atomic E-state index is 13.9. The molecule has 2 rings (SSSR count). The SMILES string of the molecule is [2H]C([2H])([2H])c1cc(B2OC(C)(C)C(C)(C)O2)c(F)cn1. The quantitative estimate of drug-likeness (QED) is 0.702. The highest BCUT2D eigenvalue weighted by molar-refractivity contribution is 6.62. The topological polar surface area (TPSA) is 31.4 Å². The highest BCUT2D eigenvalue weighted by atomic mass is 19.1. The largest absolute Gasteiger partial charge is 0.497 e. The normalized spacial score (nSPS) is 25.2. The lowest BCUT2D eigenvalue weighted by Crippen LogP contribution is -2.41. The van der Waals surface area contributed by atoms with Crippen LogP contribution < -0.4 is 5.46 Å². The number of pyridine rings is 1. The van der Waals surface area contributed by atoms with Gasteiger partial charge in [-0.05, 0) is 40.6 Å². The van der Waals surface area contributed by atoms with Gasteiger partial charge in [0.2, 0.25) is 0 Å². The summed E-state index contributed by atoms with van der Waals surface area (Å²) in [6.07, 6.45) is 0.891. The molecule has 1 aromatic rings. The Morgan fingerprint density at radius 1 is 1.29 bits per heavy atom. The number of aryl methyl sites for hydroxylation is 1. The number of nitrogens with zero attached hydrogens (tertiary/aromatic N) is 1. The first-order valence-electron chi connectivity index (χ1n) is 6.96. The van der Waals surface area contributed by atoms with Crippen LogP contribution in [0.25, 0.3) is 0 Å². The first-order valence-corrected chi connectivity index (χ1v) is 5.46. The van der Waals surface area contributed by atoms with Gasteiger partial charge in [0, 0.05) is 15.3 Å². The van der Waals surface area contributed by atoms with Crippen molar-refractivity contribution < 1.29 is 17.8 Å². The predicted octanol–water partition coefficient (Wildman–Crippen LogP) is 1.83. The van der Waals surface area contributed by atoms with Gasteiger partial charge in [0.05, 0.1) is 17.4 Å². The molecule has 0 saturated carbocycles. The van der Waals surface area contributed by atoms with Crippen molar-refractivity contribution in [2.45, 2.75) is 45.7 Å². The Bertz CT molecular complexity index is 518. The minimum absolute atomic E-state index is 0.0600. The molecule has 0 amide bonds. The molecular weight excluding hydrogens is 220 g/mol. The third-order valence-corrected chi connectivity index (χ3v) is 3.39. The fourth-order valence-corrected chi connectivity index (χ4v) is 1.60. The smallest absolute Gasteiger partial charge is 0.399 e. The molecule has 1 fully saturated rings. The first kappa shape index (κ1) is 9.06. The van der Waals surface area contributed by atoms with Crippen molar-refractivity contribution in [3.05, 3.63) is 23.8 Å². The lowest BCUT2D eigenvalue weighted by Gasteiger charge is -2.32. The summed E-state index contributed by atoms with van der Waals surface area (Å²) in [5.74, 6) is -0.642. The first-order chi connectivity index (χ1) is 8.94. The number of hydrogen-bond acceptors (Lipinski definition) is 3. The van der Waals surface area contributed by atoms with E-state index in [1.54, 1.807) is 0 Å². The molecule has 1 aromatic heterocycles. The summed E-state index contributed by atoms with van der Waals surface area (Å²) < 4.78 is 47.4. The molecule has 0 aliphatic carbocycles. The van der Waals surface area contributed by atoms with Crippen LogP contribution in [0.4, 0.5) is 4.39 Å². The molecule has 5 heteroatoms. The van der Waals surface area contributed by atoms with Gasteiger partial charge in [0.1, 0.15) is 5.82 Å². The number of aromatic nitrogens is 1. The Labute approximate surface area is 106 Å². The molecule has 0 aromatic carbocycles. The molecule has 3 nitrogen and oxygen atoms in total. The molecule has 0 bridgehead atoms.